The van der Waals surface area contributed by atoms with Crippen LogP contribution in [0.1, 0.15) is 63.2 Å². The largest absolute Gasteiger partial charge is 0.344 e. The molecule has 0 bridgehead atoms. The van der Waals surface area contributed by atoms with Gasteiger partial charge in [-0.25, -0.2) is 0 Å². The predicted molar refractivity (Wildman–Crippen MR) is 82.4 cm³/mol. The highest BCUT2D eigenvalue weighted by Gasteiger charge is 2.31. The molecule has 0 saturated heterocycles. The molecule has 1 heterocycles. The molecule has 21 heavy (non-hydrogen) atoms. The van der Waals surface area contributed by atoms with E-state index in [9.17, 15) is 4.79 Å². The van der Waals surface area contributed by atoms with Crippen molar-refractivity contribution in [3.05, 3.63) is 11.7 Å². The van der Waals surface area contributed by atoms with E-state index in [0.717, 1.165) is 31.6 Å². The van der Waals surface area contributed by atoms with Crippen LogP contribution >= 0.6 is 12.4 Å². The van der Waals surface area contributed by atoms with Gasteiger partial charge in [-0.05, 0) is 38.8 Å². The van der Waals surface area contributed by atoms with Crippen molar-refractivity contribution in [1.29, 1.82) is 0 Å². The highest BCUT2D eigenvalue weighted by atomic mass is 35.5. The minimum atomic E-state index is -0.197. The maximum absolute atomic E-state index is 11.9. The van der Waals surface area contributed by atoms with E-state index in [-0.39, 0.29) is 30.3 Å². The van der Waals surface area contributed by atoms with Gasteiger partial charge >= 0.3 is 0 Å². The molecule has 2 rings (SSSR count). The molecular weight excluding hydrogens is 292 g/mol. The Kier molecular flexibility index (Phi) is 7.11. The van der Waals surface area contributed by atoms with Crippen molar-refractivity contribution < 1.29 is 9.32 Å². The van der Waals surface area contributed by atoms with Crippen LogP contribution in [0.4, 0.5) is 0 Å². The molecular formula is C14H25ClN4O2. The standard InChI is InChI=1S/C14H24N4O2.ClH/c1-9(2)12(16-11(19)5-4-8-15-3)14-17-13(18-20-14)10-6-7-10;/h9-10,12,15H,4-8H2,1-3H3,(H,16,19);1H. The fraction of sp³-hybridized carbons (Fsp3) is 0.786. The molecule has 6 nitrogen and oxygen atoms in total. The molecule has 1 aliphatic rings. The summed E-state index contributed by atoms with van der Waals surface area (Å²) in [5, 5.41) is 10.1. The number of halogens is 1. The zero-order valence-electron chi connectivity index (χ0n) is 12.9. The molecule has 120 valence electrons. The van der Waals surface area contributed by atoms with Gasteiger partial charge in [-0.1, -0.05) is 19.0 Å². The zero-order valence-corrected chi connectivity index (χ0v) is 13.7. The third-order valence-electron chi connectivity index (χ3n) is 3.48. The summed E-state index contributed by atoms with van der Waals surface area (Å²) in [7, 11) is 1.88. The molecule has 1 amide bonds. The smallest absolute Gasteiger partial charge is 0.249 e. The van der Waals surface area contributed by atoms with E-state index in [0.29, 0.717) is 18.2 Å². The van der Waals surface area contributed by atoms with Crippen molar-refractivity contribution in [3.8, 4) is 0 Å². The van der Waals surface area contributed by atoms with Crippen molar-refractivity contribution >= 4 is 18.3 Å². The predicted octanol–water partition coefficient (Wildman–Crippen LogP) is 2.18. The molecule has 1 atom stereocenters. The Morgan fingerprint density at radius 1 is 1.43 bits per heavy atom. The second-order valence-electron chi connectivity index (χ2n) is 5.76. The van der Waals surface area contributed by atoms with Crippen LogP contribution in [0.5, 0.6) is 0 Å². The van der Waals surface area contributed by atoms with Crippen LogP contribution < -0.4 is 10.6 Å². The molecule has 2 N–H and O–H groups in total. The lowest BCUT2D eigenvalue weighted by molar-refractivity contribution is -0.122. The third-order valence-corrected chi connectivity index (χ3v) is 3.48. The first-order valence-electron chi connectivity index (χ1n) is 7.39. The number of nitrogens with one attached hydrogen (secondary N) is 2. The summed E-state index contributed by atoms with van der Waals surface area (Å²) >= 11 is 0. The zero-order chi connectivity index (χ0) is 14.5. The Hall–Kier alpha value is -1.14. The van der Waals surface area contributed by atoms with Crippen molar-refractivity contribution in [1.82, 2.24) is 20.8 Å². The minimum absolute atomic E-state index is 0. The van der Waals surface area contributed by atoms with Gasteiger partial charge in [0.25, 0.3) is 0 Å². The molecule has 0 aromatic carbocycles. The Bertz CT molecular complexity index is 446. The second-order valence-corrected chi connectivity index (χ2v) is 5.76. The van der Waals surface area contributed by atoms with Crippen LogP contribution in [0.3, 0.4) is 0 Å². The topological polar surface area (TPSA) is 80.0 Å². The van der Waals surface area contributed by atoms with Crippen molar-refractivity contribution in [2.45, 2.75) is 51.5 Å². The average molecular weight is 317 g/mol. The fourth-order valence-corrected chi connectivity index (χ4v) is 2.07. The second kappa shape index (κ2) is 8.34. The van der Waals surface area contributed by atoms with E-state index in [1.54, 1.807) is 0 Å². The number of amides is 1. The summed E-state index contributed by atoms with van der Waals surface area (Å²) in [6, 6.07) is -0.197. The number of carbonyl (C=O) groups is 1. The summed E-state index contributed by atoms with van der Waals surface area (Å²) in [6.07, 6.45) is 3.61. The lowest BCUT2D eigenvalue weighted by Crippen LogP contribution is -2.32. The van der Waals surface area contributed by atoms with Gasteiger partial charge in [-0.15, -0.1) is 12.4 Å². The van der Waals surface area contributed by atoms with Crippen LogP contribution in [0, 0.1) is 5.92 Å². The maximum atomic E-state index is 11.9. The summed E-state index contributed by atoms with van der Waals surface area (Å²) < 4.78 is 5.33. The molecule has 1 aromatic heterocycles. The van der Waals surface area contributed by atoms with Gasteiger partial charge < -0.3 is 15.2 Å². The van der Waals surface area contributed by atoms with Crippen LogP contribution in [0.2, 0.25) is 0 Å². The Morgan fingerprint density at radius 2 is 2.14 bits per heavy atom. The SMILES string of the molecule is CNCCCC(=O)NC(c1nc(C2CC2)no1)C(C)C.Cl. The van der Waals surface area contributed by atoms with E-state index >= 15 is 0 Å². The molecule has 0 radical (unpaired) electrons. The molecule has 1 saturated carbocycles. The highest BCUT2D eigenvalue weighted by molar-refractivity contribution is 5.85. The Morgan fingerprint density at radius 3 is 2.71 bits per heavy atom. The number of hydrogen-bond donors (Lipinski definition) is 2. The molecule has 1 fully saturated rings. The van der Waals surface area contributed by atoms with Gasteiger partial charge in [0.05, 0.1) is 0 Å². The number of hydrogen-bond acceptors (Lipinski definition) is 5. The molecule has 1 aromatic rings. The fourth-order valence-electron chi connectivity index (χ4n) is 2.07. The molecule has 1 aliphatic carbocycles. The summed E-state index contributed by atoms with van der Waals surface area (Å²) in [4.78, 5) is 16.4. The van der Waals surface area contributed by atoms with Gasteiger partial charge in [0.15, 0.2) is 5.82 Å². The summed E-state index contributed by atoms with van der Waals surface area (Å²) in [5.41, 5.74) is 0. The normalized spacial score (nSPS) is 15.6. The maximum Gasteiger partial charge on any atom is 0.249 e. The van der Waals surface area contributed by atoms with Crippen molar-refractivity contribution in [2.24, 2.45) is 5.92 Å². The monoisotopic (exact) mass is 316 g/mol. The average Bonchev–Trinajstić information content (AvgIpc) is 3.15. The summed E-state index contributed by atoms with van der Waals surface area (Å²) in [5.74, 6) is 2.03. The Balaban J connectivity index is 0.00000220. The first-order valence-corrected chi connectivity index (χ1v) is 7.39. The van der Waals surface area contributed by atoms with E-state index in [4.69, 9.17) is 4.52 Å². The lowest BCUT2D eigenvalue weighted by Gasteiger charge is -2.18. The highest BCUT2D eigenvalue weighted by Crippen LogP contribution is 2.38. The Labute approximate surface area is 131 Å². The van der Waals surface area contributed by atoms with Crippen LogP contribution in [-0.4, -0.2) is 29.6 Å². The number of carbonyl (C=O) groups excluding carboxylic acids is 1. The van der Waals surface area contributed by atoms with Gasteiger partial charge in [0, 0.05) is 12.3 Å². The lowest BCUT2D eigenvalue weighted by atomic mass is 10.0. The van der Waals surface area contributed by atoms with Gasteiger partial charge in [0.1, 0.15) is 6.04 Å². The number of aromatic nitrogens is 2. The molecule has 7 heteroatoms. The van der Waals surface area contributed by atoms with Gasteiger partial charge in [0.2, 0.25) is 11.8 Å². The van der Waals surface area contributed by atoms with Gasteiger partial charge in [-0.3, -0.25) is 4.79 Å². The minimum Gasteiger partial charge on any atom is -0.344 e. The van der Waals surface area contributed by atoms with Crippen LogP contribution in [0.15, 0.2) is 4.52 Å². The number of nitrogens with zero attached hydrogens (tertiary/aromatic N) is 2. The van der Waals surface area contributed by atoms with Gasteiger partial charge in [-0.2, -0.15) is 4.98 Å². The first kappa shape index (κ1) is 17.9. The van der Waals surface area contributed by atoms with Crippen molar-refractivity contribution in [2.75, 3.05) is 13.6 Å². The van der Waals surface area contributed by atoms with Crippen LogP contribution in [-0.2, 0) is 4.79 Å². The molecule has 1 unspecified atom stereocenters. The number of rotatable bonds is 8. The third kappa shape index (κ3) is 5.28. The first-order chi connectivity index (χ1) is 9.61. The molecule has 0 spiro atoms. The van der Waals surface area contributed by atoms with E-state index in [1.807, 2.05) is 20.9 Å². The van der Waals surface area contributed by atoms with E-state index in [2.05, 4.69) is 20.8 Å². The van der Waals surface area contributed by atoms with E-state index < -0.39 is 0 Å². The summed E-state index contributed by atoms with van der Waals surface area (Å²) in [6.45, 7) is 4.92. The van der Waals surface area contributed by atoms with Crippen molar-refractivity contribution in [3.63, 3.8) is 0 Å². The van der Waals surface area contributed by atoms with E-state index in [1.165, 1.54) is 0 Å². The molecule has 0 aliphatic heterocycles. The van der Waals surface area contributed by atoms with Crippen LogP contribution in [0.25, 0.3) is 0 Å². The quantitative estimate of drug-likeness (QED) is 0.719.